The maximum absolute atomic E-state index is 13.0. The molecule has 2 aromatic rings. The van der Waals surface area contributed by atoms with E-state index in [0.29, 0.717) is 23.8 Å². The molecule has 0 bridgehead atoms. The molecule has 1 unspecified atom stereocenters. The van der Waals surface area contributed by atoms with Crippen LogP contribution < -0.4 is 9.47 Å². The van der Waals surface area contributed by atoms with Crippen molar-refractivity contribution in [3.63, 3.8) is 0 Å². The first-order chi connectivity index (χ1) is 11.1. The van der Waals surface area contributed by atoms with E-state index in [4.69, 9.17) is 14.2 Å². The van der Waals surface area contributed by atoms with Crippen molar-refractivity contribution in [2.24, 2.45) is 0 Å². The maximum atomic E-state index is 13.0. The van der Waals surface area contributed by atoms with Crippen LogP contribution in [-0.2, 0) is 4.74 Å². The standard InChI is InChI=1S/C17H18FNO4/c1-3-21-16-9-13(7-8-19-16)17(20)23-12(2)11-22-15-6-4-5-14(18)10-15/h4-10,12H,3,11H2,1-2H3. The number of halogens is 1. The van der Waals surface area contributed by atoms with Crippen molar-refractivity contribution in [1.29, 1.82) is 0 Å². The van der Waals surface area contributed by atoms with Crippen molar-refractivity contribution in [2.75, 3.05) is 13.2 Å². The highest BCUT2D eigenvalue weighted by Gasteiger charge is 2.14. The third-order valence-corrected chi connectivity index (χ3v) is 2.85. The van der Waals surface area contributed by atoms with E-state index in [0.717, 1.165) is 0 Å². The molecular formula is C17H18FNO4. The first-order valence-electron chi connectivity index (χ1n) is 7.26. The van der Waals surface area contributed by atoms with Crippen LogP contribution in [0, 0.1) is 5.82 Å². The third kappa shape index (κ3) is 5.25. The molecule has 1 atom stereocenters. The zero-order valence-corrected chi connectivity index (χ0v) is 13.0. The Kier molecular flexibility index (Phi) is 5.91. The van der Waals surface area contributed by atoms with Gasteiger partial charge in [-0.05, 0) is 32.0 Å². The van der Waals surface area contributed by atoms with Crippen molar-refractivity contribution < 1.29 is 23.4 Å². The molecule has 0 saturated heterocycles. The Labute approximate surface area is 134 Å². The van der Waals surface area contributed by atoms with E-state index < -0.39 is 12.1 Å². The lowest BCUT2D eigenvalue weighted by Crippen LogP contribution is -2.22. The maximum Gasteiger partial charge on any atom is 0.338 e. The molecule has 0 aliphatic carbocycles. The summed E-state index contributed by atoms with van der Waals surface area (Å²) >= 11 is 0. The SMILES string of the molecule is CCOc1cc(C(=O)OC(C)COc2cccc(F)c2)ccn1. The molecule has 0 saturated carbocycles. The van der Waals surface area contributed by atoms with Gasteiger partial charge < -0.3 is 14.2 Å². The third-order valence-electron chi connectivity index (χ3n) is 2.85. The largest absolute Gasteiger partial charge is 0.490 e. The van der Waals surface area contributed by atoms with Gasteiger partial charge in [-0.15, -0.1) is 0 Å². The van der Waals surface area contributed by atoms with Crippen molar-refractivity contribution in [3.05, 3.63) is 54.0 Å². The highest BCUT2D eigenvalue weighted by atomic mass is 19.1. The highest BCUT2D eigenvalue weighted by Crippen LogP contribution is 2.14. The number of rotatable bonds is 7. The van der Waals surface area contributed by atoms with Crippen LogP contribution in [0.4, 0.5) is 4.39 Å². The van der Waals surface area contributed by atoms with Crippen LogP contribution >= 0.6 is 0 Å². The Hall–Kier alpha value is -2.63. The van der Waals surface area contributed by atoms with Crippen LogP contribution in [0.15, 0.2) is 42.6 Å². The molecule has 0 N–H and O–H groups in total. The van der Waals surface area contributed by atoms with Gasteiger partial charge in [-0.3, -0.25) is 0 Å². The number of hydrogen-bond acceptors (Lipinski definition) is 5. The Morgan fingerprint density at radius 1 is 1.26 bits per heavy atom. The number of carbonyl (C=O) groups is 1. The zero-order chi connectivity index (χ0) is 16.7. The summed E-state index contributed by atoms with van der Waals surface area (Å²) in [6.45, 7) is 4.11. The number of esters is 1. The Morgan fingerprint density at radius 2 is 2.09 bits per heavy atom. The highest BCUT2D eigenvalue weighted by molar-refractivity contribution is 5.89. The first-order valence-corrected chi connectivity index (χ1v) is 7.26. The van der Waals surface area contributed by atoms with Gasteiger partial charge in [-0.2, -0.15) is 0 Å². The van der Waals surface area contributed by atoms with E-state index >= 15 is 0 Å². The summed E-state index contributed by atoms with van der Waals surface area (Å²) in [6, 6.07) is 8.85. The van der Waals surface area contributed by atoms with Crippen molar-refractivity contribution in [1.82, 2.24) is 4.98 Å². The molecule has 2 rings (SSSR count). The van der Waals surface area contributed by atoms with Crippen LogP contribution in [0.2, 0.25) is 0 Å². The van der Waals surface area contributed by atoms with E-state index in [-0.39, 0.29) is 12.4 Å². The second-order valence-electron chi connectivity index (χ2n) is 4.80. The van der Waals surface area contributed by atoms with Crippen molar-refractivity contribution >= 4 is 5.97 Å². The smallest absolute Gasteiger partial charge is 0.338 e. The molecule has 0 spiro atoms. The molecular weight excluding hydrogens is 301 g/mol. The Balaban J connectivity index is 1.88. The molecule has 0 radical (unpaired) electrons. The minimum Gasteiger partial charge on any atom is -0.490 e. The van der Waals surface area contributed by atoms with Gasteiger partial charge in [-0.25, -0.2) is 14.2 Å². The first kappa shape index (κ1) is 16.7. The van der Waals surface area contributed by atoms with Crippen LogP contribution in [0.1, 0.15) is 24.2 Å². The van der Waals surface area contributed by atoms with E-state index in [1.54, 1.807) is 25.1 Å². The molecule has 0 aliphatic rings. The number of aromatic nitrogens is 1. The van der Waals surface area contributed by atoms with E-state index in [1.807, 2.05) is 6.92 Å². The van der Waals surface area contributed by atoms with Crippen LogP contribution in [0.3, 0.4) is 0 Å². The lowest BCUT2D eigenvalue weighted by atomic mass is 10.2. The zero-order valence-electron chi connectivity index (χ0n) is 13.0. The van der Waals surface area contributed by atoms with Gasteiger partial charge in [0.15, 0.2) is 0 Å². The molecule has 0 fully saturated rings. The number of pyridine rings is 1. The average molecular weight is 319 g/mol. The van der Waals surface area contributed by atoms with Crippen LogP contribution in [-0.4, -0.2) is 30.3 Å². The quantitative estimate of drug-likeness (QED) is 0.733. The molecule has 23 heavy (non-hydrogen) atoms. The van der Waals surface area contributed by atoms with Crippen LogP contribution in [0.5, 0.6) is 11.6 Å². The minimum atomic E-state index is -0.497. The van der Waals surface area contributed by atoms with E-state index in [2.05, 4.69) is 4.98 Å². The monoisotopic (exact) mass is 319 g/mol. The van der Waals surface area contributed by atoms with Crippen molar-refractivity contribution in [3.8, 4) is 11.6 Å². The van der Waals surface area contributed by atoms with Gasteiger partial charge in [0.05, 0.1) is 12.2 Å². The lowest BCUT2D eigenvalue weighted by molar-refractivity contribution is 0.0227. The normalized spacial score (nSPS) is 11.6. The van der Waals surface area contributed by atoms with E-state index in [1.165, 1.54) is 24.4 Å². The number of carbonyl (C=O) groups excluding carboxylic acids is 1. The molecule has 1 aromatic carbocycles. The molecule has 122 valence electrons. The fourth-order valence-electron chi connectivity index (χ4n) is 1.82. The molecule has 1 aromatic heterocycles. The molecule has 6 heteroatoms. The van der Waals surface area contributed by atoms with Gasteiger partial charge in [0.2, 0.25) is 5.88 Å². The van der Waals surface area contributed by atoms with Gasteiger partial charge >= 0.3 is 5.97 Å². The fraction of sp³-hybridized carbons (Fsp3) is 0.294. The summed E-state index contributed by atoms with van der Waals surface area (Å²) in [4.78, 5) is 16.0. The van der Waals surface area contributed by atoms with Gasteiger partial charge in [0.1, 0.15) is 24.3 Å². The van der Waals surface area contributed by atoms with Gasteiger partial charge in [0, 0.05) is 18.3 Å². The van der Waals surface area contributed by atoms with Gasteiger partial charge in [-0.1, -0.05) is 6.07 Å². The number of nitrogens with zero attached hydrogens (tertiary/aromatic N) is 1. The molecule has 1 heterocycles. The molecule has 5 nitrogen and oxygen atoms in total. The Morgan fingerprint density at radius 3 is 2.83 bits per heavy atom. The fourth-order valence-corrected chi connectivity index (χ4v) is 1.82. The summed E-state index contributed by atoms with van der Waals surface area (Å²) < 4.78 is 29.0. The summed E-state index contributed by atoms with van der Waals surface area (Å²) in [5.74, 6) is -0.128. The Bertz CT molecular complexity index is 663. The lowest BCUT2D eigenvalue weighted by Gasteiger charge is -2.14. The second kappa shape index (κ2) is 8.12. The molecule has 0 amide bonds. The van der Waals surface area contributed by atoms with Crippen molar-refractivity contribution in [2.45, 2.75) is 20.0 Å². The number of benzene rings is 1. The van der Waals surface area contributed by atoms with Gasteiger partial charge in [0.25, 0.3) is 0 Å². The topological polar surface area (TPSA) is 57.7 Å². The summed E-state index contributed by atoms with van der Waals surface area (Å²) in [7, 11) is 0. The average Bonchev–Trinajstić information content (AvgIpc) is 2.53. The number of hydrogen-bond donors (Lipinski definition) is 0. The second-order valence-corrected chi connectivity index (χ2v) is 4.80. The number of ether oxygens (including phenoxy) is 3. The predicted octanol–water partition coefficient (Wildman–Crippen LogP) is 3.24. The van der Waals surface area contributed by atoms with Crippen LogP contribution in [0.25, 0.3) is 0 Å². The minimum absolute atomic E-state index is 0.124. The van der Waals surface area contributed by atoms with E-state index in [9.17, 15) is 9.18 Å². The molecule has 0 aliphatic heterocycles. The predicted molar refractivity (Wildman–Crippen MR) is 82.2 cm³/mol. The summed E-state index contributed by atoms with van der Waals surface area (Å²) in [5, 5.41) is 0. The summed E-state index contributed by atoms with van der Waals surface area (Å²) in [5.41, 5.74) is 0.348. The summed E-state index contributed by atoms with van der Waals surface area (Å²) in [6.07, 6.45) is 0.990.